The molecule has 0 fully saturated rings. The Hall–Kier alpha value is -2.28. The van der Waals surface area contributed by atoms with E-state index in [0.717, 1.165) is 33.7 Å². The van der Waals surface area contributed by atoms with Crippen molar-refractivity contribution in [2.75, 3.05) is 12.9 Å². The number of hydrogen-bond acceptors (Lipinski definition) is 5. The summed E-state index contributed by atoms with van der Waals surface area (Å²) >= 11 is 1.35. The Kier molecular flexibility index (Phi) is 6.43. The van der Waals surface area contributed by atoms with Gasteiger partial charge in [0, 0.05) is 17.9 Å². The molecule has 7 heteroatoms. The molecule has 0 aliphatic heterocycles. The van der Waals surface area contributed by atoms with Crippen LogP contribution in [0, 0.1) is 0 Å². The smallest absolute Gasteiger partial charge is 0.248 e. The molecule has 24 heavy (non-hydrogen) atoms. The number of carbonyl (C=O) groups excluding carboxylic acids is 2. The normalized spacial score (nSPS) is 10.5. The van der Waals surface area contributed by atoms with Gasteiger partial charge in [-0.2, -0.15) is 0 Å². The van der Waals surface area contributed by atoms with Crippen LogP contribution in [-0.2, 0) is 16.0 Å². The van der Waals surface area contributed by atoms with Crippen LogP contribution in [0.2, 0.25) is 0 Å². The van der Waals surface area contributed by atoms with Crippen LogP contribution in [0.3, 0.4) is 0 Å². The van der Waals surface area contributed by atoms with E-state index >= 15 is 0 Å². The van der Waals surface area contributed by atoms with Crippen LogP contribution in [0.1, 0.15) is 25.8 Å². The number of carbonyl (C=O) groups is 2. The van der Waals surface area contributed by atoms with Crippen LogP contribution >= 0.6 is 11.8 Å². The van der Waals surface area contributed by atoms with Gasteiger partial charge in [-0.25, -0.2) is 4.98 Å². The van der Waals surface area contributed by atoms with Gasteiger partial charge in [0.2, 0.25) is 11.8 Å². The number of rotatable bonds is 6. The van der Waals surface area contributed by atoms with Crippen LogP contribution < -0.4 is 15.6 Å². The van der Waals surface area contributed by atoms with Crippen molar-refractivity contribution in [1.82, 2.24) is 15.8 Å². The average Bonchev–Trinajstić information content (AvgIpc) is 2.62. The molecule has 0 spiro atoms. The summed E-state index contributed by atoms with van der Waals surface area (Å²) in [4.78, 5) is 27.6. The molecule has 0 aliphatic carbocycles. The van der Waals surface area contributed by atoms with Crippen LogP contribution in [-0.4, -0.2) is 29.7 Å². The maximum absolute atomic E-state index is 11.8. The number of amides is 2. The fourth-order valence-electron chi connectivity index (χ4n) is 2.08. The highest BCUT2D eigenvalue weighted by Crippen LogP contribution is 2.27. The van der Waals surface area contributed by atoms with Gasteiger partial charge in [0.15, 0.2) is 0 Å². The van der Waals surface area contributed by atoms with Gasteiger partial charge in [0.05, 0.1) is 18.4 Å². The summed E-state index contributed by atoms with van der Waals surface area (Å²) in [6.07, 6.45) is 1.15. The number of thioether (sulfide) groups is 1. The lowest BCUT2D eigenvalue weighted by Gasteiger charge is -2.10. The third-order valence-electron chi connectivity index (χ3n) is 3.45. The fraction of sp³-hybridized carbons (Fsp3) is 0.353. The number of methoxy groups -OCH3 is 1. The fourth-order valence-corrected chi connectivity index (χ4v) is 2.97. The van der Waals surface area contributed by atoms with Gasteiger partial charge in [-0.3, -0.25) is 20.4 Å². The van der Waals surface area contributed by atoms with Crippen LogP contribution in [0.4, 0.5) is 0 Å². The van der Waals surface area contributed by atoms with Crippen molar-refractivity contribution >= 4 is 34.5 Å². The van der Waals surface area contributed by atoms with Crippen molar-refractivity contribution in [3.63, 3.8) is 0 Å². The standard InChI is InChI=1S/C17H21N3O3S/c1-4-11-8-12-6-7-13(23-3)9-14(12)18-17(11)24-10-16(22)20-19-15(21)5-2/h6-9H,4-5,10H2,1-3H3,(H,19,21)(H,20,22). The number of hydrogen-bond donors (Lipinski definition) is 2. The van der Waals surface area contributed by atoms with Gasteiger partial charge < -0.3 is 4.74 Å². The highest BCUT2D eigenvalue weighted by Gasteiger charge is 2.10. The Morgan fingerprint density at radius 2 is 1.92 bits per heavy atom. The number of nitrogens with one attached hydrogen (secondary N) is 2. The molecule has 1 aromatic carbocycles. The summed E-state index contributed by atoms with van der Waals surface area (Å²) < 4.78 is 5.23. The molecule has 2 amide bonds. The van der Waals surface area contributed by atoms with E-state index in [2.05, 4.69) is 28.8 Å². The number of pyridine rings is 1. The van der Waals surface area contributed by atoms with Gasteiger partial charge in [0.25, 0.3) is 0 Å². The van der Waals surface area contributed by atoms with Crippen molar-refractivity contribution in [2.24, 2.45) is 0 Å². The molecule has 128 valence electrons. The Labute approximate surface area is 145 Å². The summed E-state index contributed by atoms with van der Waals surface area (Å²) in [7, 11) is 1.62. The number of ether oxygens (including phenoxy) is 1. The van der Waals surface area contributed by atoms with E-state index in [9.17, 15) is 9.59 Å². The van der Waals surface area contributed by atoms with Crippen LogP contribution in [0.5, 0.6) is 5.75 Å². The van der Waals surface area contributed by atoms with Crippen molar-refractivity contribution in [2.45, 2.75) is 31.7 Å². The molecule has 2 aromatic rings. The summed E-state index contributed by atoms with van der Waals surface area (Å²) in [5.41, 5.74) is 6.66. The first-order valence-electron chi connectivity index (χ1n) is 7.75. The molecular formula is C17H21N3O3S. The van der Waals surface area contributed by atoms with E-state index < -0.39 is 0 Å². The lowest BCUT2D eigenvalue weighted by atomic mass is 10.1. The second-order valence-electron chi connectivity index (χ2n) is 5.10. The summed E-state index contributed by atoms with van der Waals surface area (Å²) in [6, 6.07) is 7.84. The minimum absolute atomic E-state index is 0.180. The van der Waals surface area contributed by atoms with Gasteiger partial charge in [0.1, 0.15) is 10.8 Å². The first-order valence-corrected chi connectivity index (χ1v) is 8.74. The average molecular weight is 347 g/mol. The highest BCUT2D eigenvalue weighted by molar-refractivity contribution is 7.99. The molecule has 0 unspecified atom stereocenters. The molecule has 0 saturated heterocycles. The van der Waals surface area contributed by atoms with E-state index in [1.165, 1.54) is 11.8 Å². The number of hydrazine groups is 1. The van der Waals surface area contributed by atoms with Gasteiger partial charge in [-0.05, 0) is 30.2 Å². The van der Waals surface area contributed by atoms with E-state index in [0.29, 0.717) is 6.42 Å². The summed E-state index contributed by atoms with van der Waals surface area (Å²) in [5, 5.41) is 1.85. The second-order valence-corrected chi connectivity index (χ2v) is 6.07. The molecule has 1 aromatic heterocycles. The quantitative estimate of drug-likeness (QED) is 0.620. The molecule has 2 rings (SSSR count). The minimum atomic E-state index is -0.267. The zero-order valence-electron chi connectivity index (χ0n) is 14.0. The number of aryl methyl sites for hydroxylation is 1. The van der Waals surface area contributed by atoms with Crippen molar-refractivity contribution in [1.29, 1.82) is 0 Å². The SMILES string of the molecule is CCC(=O)NNC(=O)CSc1nc2cc(OC)ccc2cc1CC. The summed E-state index contributed by atoms with van der Waals surface area (Å²) in [6.45, 7) is 3.77. The first-order chi connectivity index (χ1) is 11.6. The third-order valence-corrected chi connectivity index (χ3v) is 4.48. The van der Waals surface area contributed by atoms with Crippen molar-refractivity contribution < 1.29 is 14.3 Å². The van der Waals surface area contributed by atoms with Gasteiger partial charge in [-0.1, -0.05) is 25.6 Å². The maximum atomic E-state index is 11.8. The highest BCUT2D eigenvalue weighted by atomic mass is 32.2. The van der Waals surface area contributed by atoms with E-state index in [4.69, 9.17) is 4.74 Å². The zero-order valence-corrected chi connectivity index (χ0v) is 14.8. The molecule has 0 radical (unpaired) electrons. The third kappa shape index (κ3) is 4.61. The number of fused-ring (bicyclic) bond motifs is 1. The molecule has 2 N–H and O–H groups in total. The lowest BCUT2D eigenvalue weighted by molar-refractivity contribution is -0.127. The molecule has 0 bridgehead atoms. The molecule has 0 saturated carbocycles. The van der Waals surface area contributed by atoms with E-state index in [1.807, 2.05) is 18.2 Å². The Morgan fingerprint density at radius 3 is 2.58 bits per heavy atom. The van der Waals surface area contributed by atoms with Crippen molar-refractivity contribution in [3.05, 3.63) is 29.8 Å². The van der Waals surface area contributed by atoms with Gasteiger partial charge in [-0.15, -0.1) is 0 Å². The first kappa shape index (κ1) is 18.1. The molecule has 6 nitrogen and oxygen atoms in total. The Balaban J connectivity index is 2.12. The largest absolute Gasteiger partial charge is 0.497 e. The monoisotopic (exact) mass is 347 g/mol. The van der Waals surface area contributed by atoms with Crippen LogP contribution in [0.25, 0.3) is 10.9 Å². The van der Waals surface area contributed by atoms with Crippen molar-refractivity contribution in [3.8, 4) is 5.75 Å². The second kappa shape index (κ2) is 8.54. The number of nitrogens with zero attached hydrogens (tertiary/aromatic N) is 1. The Morgan fingerprint density at radius 1 is 1.17 bits per heavy atom. The topological polar surface area (TPSA) is 80.3 Å². The van der Waals surface area contributed by atoms with E-state index in [-0.39, 0.29) is 17.6 Å². The Bertz CT molecular complexity index is 749. The lowest BCUT2D eigenvalue weighted by Crippen LogP contribution is -2.42. The predicted octanol–water partition coefficient (Wildman–Crippen LogP) is 2.46. The molecule has 0 aliphatic rings. The zero-order chi connectivity index (χ0) is 17.5. The maximum Gasteiger partial charge on any atom is 0.248 e. The van der Waals surface area contributed by atoms with Gasteiger partial charge >= 0.3 is 0 Å². The molecule has 1 heterocycles. The van der Waals surface area contributed by atoms with E-state index in [1.54, 1.807) is 14.0 Å². The molecular weight excluding hydrogens is 326 g/mol. The number of benzene rings is 1. The van der Waals surface area contributed by atoms with Crippen LogP contribution in [0.15, 0.2) is 29.3 Å². The summed E-state index contributed by atoms with van der Waals surface area (Å²) in [5.74, 6) is 0.435. The number of aromatic nitrogens is 1. The molecule has 0 atom stereocenters. The minimum Gasteiger partial charge on any atom is -0.497 e. The predicted molar refractivity (Wildman–Crippen MR) is 95.0 cm³/mol.